The number of nitrogens with zero attached hydrogens (tertiary/aromatic N) is 1. The van der Waals surface area contributed by atoms with Crippen molar-refractivity contribution in [3.05, 3.63) is 83.9 Å². The number of hydrogen-bond donors (Lipinski definition) is 0. The van der Waals surface area contributed by atoms with E-state index < -0.39 is 16.0 Å². The minimum atomic E-state index is -3.73. The maximum absolute atomic E-state index is 12.8. The summed E-state index contributed by atoms with van der Waals surface area (Å²) in [6, 6.07) is 19.5. The molecule has 0 N–H and O–H groups in total. The molecule has 0 atom stereocenters. The summed E-state index contributed by atoms with van der Waals surface area (Å²) in [4.78, 5) is 12.4. The van der Waals surface area contributed by atoms with Gasteiger partial charge < -0.3 is 9.47 Å². The molecule has 0 aromatic heterocycles. The Labute approximate surface area is 170 Å². The van der Waals surface area contributed by atoms with Crippen molar-refractivity contribution in [3.8, 4) is 11.5 Å². The number of aryl methyl sites for hydroxylation is 1. The van der Waals surface area contributed by atoms with E-state index in [0.29, 0.717) is 22.7 Å². The largest absolute Gasteiger partial charge is 0.497 e. The van der Waals surface area contributed by atoms with Gasteiger partial charge in [-0.05, 0) is 67.6 Å². The molecule has 0 amide bonds. The molecule has 29 heavy (non-hydrogen) atoms. The minimum Gasteiger partial charge on any atom is -0.497 e. The molecule has 6 nitrogen and oxygen atoms in total. The first kappa shape index (κ1) is 20.4. The van der Waals surface area contributed by atoms with Crippen LogP contribution in [0.5, 0.6) is 11.5 Å². The Balaban J connectivity index is 1.74. The van der Waals surface area contributed by atoms with E-state index in [9.17, 15) is 13.2 Å². The third kappa shape index (κ3) is 4.57. The van der Waals surface area contributed by atoms with Crippen molar-refractivity contribution in [3.63, 3.8) is 0 Å². The number of benzene rings is 3. The Hall–Kier alpha value is -3.32. The number of esters is 1. The second-order valence-electron chi connectivity index (χ2n) is 6.40. The zero-order chi connectivity index (χ0) is 21.0. The lowest BCUT2D eigenvalue weighted by atomic mass is 10.1. The normalized spacial score (nSPS) is 11.0. The molecule has 0 aliphatic rings. The van der Waals surface area contributed by atoms with Gasteiger partial charge in [0.15, 0.2) is 0 Å². The fraction of sp³-hybridized carbons (Fsp3) is 0.136. The fourth-order valence-electron chi connectivity index (χ4n) is 2.62. The van der Waals surface area contributed by atoms with Crippen molar-refractivity contribution in [2.24, 2.45) is 0 Å². The number of sulfonamides is 1. The molecule has 0 aliphatic heterocycles. The van der Waals surface area contributed by atoms with Crippen LogP contribution in [-0.4, -0.2) is 28.5 Å². The van der Waals surface area contributed by atoms with Gasteiger partial charge in [-0.1, -0.05) is 17.7 Å². The second-order valence-corrected chi connectivity index (χ2v) is 8.37. The maximum atomic E-state index is 12.8. The summed E-state index contributed by atoms with van der Waals surface area (Å²) in [6.45, 7) is 1.93. The van der Waals surface area contributed by atoms with E-state index in [2.05, 4.69) is 0 Å². The van der Waals surface area contributed by atoms with Gasteiger partial charge in [0, 0.05) is 7.05 Å². The Bertz CT molecular complexity index is 1090. The first-order valence-electron chi connectivity index (χ1n) is 8.83. The van der Waals surface area contributed by atoms with Crippen molar-refractivity contribution in [2.45, 2.75) is 11.8 Å². The summed E-state index contributed by atoms with van der Waals surface area (Å²) < 4.78 is 37.2. The molecule has 0 heterocycles. The molecule has 0 aliphatic carbocycles. The standard InChI is InChI=1S/C22H21NO5S/c1-16-4-6-17(7-5-16)22(24)28-20-10-8-18(9-11-20)23(2)29(25,26)21-14-12-19(27-3)13-15-21/h4-15H,1-3H3. The SMILES string of the molecule is COc1ccc(S(=O)(=O)N(C)c2ccc(OC(=O)c3ccc(C)cc3)cc2)cc1. The molecular formula is C22H21NO5S. The summed E-state index contributed by atoms with van der Waals surface area (Å²) in [5, 5.41) is 0. The zero-order valence-electron chi connectivity index (χ0n) is 16.3. The summed E-state index contributed by atoms with van der Waals surface area (Å²) in [6.07, 6.45) is 0. The molecule has 3 aromatic carbocycles. The monoisotopic (exact) mass is 411 g/mol. The Morgan fingerprint density at radius 3 is 1.93 bits per heavy atom. The second kappa shape index (κ2) is 8.36. The van der Waals surface area contributed by atoms with Gasteiger partial charge in [0.05, 0.1) is 23.3 Å². The van der Waals surface area contributed by atoms with E-state index in [1.54, 1.807) is 48.5 Å². The van der Waals surface area contributed by atoms with Gasteiger partial charge in [-0.15, -0.1) is 0 Å². The molecule has 0 saturated heterocycles. The van der Waals surface area contributed by atoms with Crippen LogP contribution in [0.2, 0.25) is 0 Å². The molecule has 0 saturated carbocycles. The lowest BCUT2D eigenvalue weighted by Crippen LogP contribution is -2.26. The average molecular weight is 411 g/mol. The van der Waals surface area contributed by atoms with Crippen molar-refractivity contribution in [1.29, 1.82) is 0 Å². The zero-order valence-corrected chi connectivity index (χ0v) is 17.1. The van der Waals surface area contributed by atoms with Crippen LogP contribution in [0.15, 0.2) is 77.7 Å². The molecule has 0 fully saturated rings. The van der Waals surface area contributed by atoms with E-state index in [1.165, 1.54) is 30.6 Å². The molecule has 3 rings (SSSR count). The van der Waals surface area contributed by atoms with Crippen LogP contribution in [-0.2, 0) is 10.0 Å². The van der Waals surface area contributed by atoms with Gasteiger partial charge in [0.25, 0.3) is 10.0 Å². The van der Waals surface area contributed by atoms with Crippen molar-refractivity contribution in [2.75, 3.05) is 18.5 Å². The highest BCUT2D eigenvalue weighted by Gasteiger charge is 2.21. The molecule has 0 unspecified atom stereocenters. The van der Waals surface area contributed by atoms with Gasteiger partial charge in [-0.25, -0.2) is 13.2 Å². The lowest BCUT2D eigenvalue weighted by Gasteiger charge is -2.20. The highest BCUT2D eigenvalue weighted by molar-refractivity contribution is 7.92. The fourth-order valence-corrected chi connectivity index (χ4v) is 3.82. The molecule has 0 spiro atoms. The number of carbonyl (C=O) groups excluding carboxylic acids is 1. The predicted octanol–water partition coefficient (Wildman–Crippen LogP) is 4.05. The van der Waals surface area contributed by atoms with Gasteiger partial charge in [-0.2, -0.15) is 0 Å². The van der Waals surface area contributed by atoms with Crippen LogP contribution in [0, 0.1) is 6.92 Å². The van der Waals surface area contributed by atoms with E-state index in [0.717, 1.165) is 5.56 Å². The van der Waals surface area contributed by atoms with Crippen LogP contribution in [0.25, 0.3) is 0 Å². The highest BCUT2D eigenvalue weighted by atomic mass is 32.2. The molecule has 7 heteroatoms. The number of rotatable bonds is 6. The lowest BCUT2D eigenvalue weighted by molar-refractivity contribution is 0.0734. The van der Waals surface area contributed by atoms with Crippen molar-refractivity contribution in [1.82, 2.24) is 0 Å². The Morgan fingerprint density at radius 1 is 0.828 bits per heavy atom. The van der Waals surface area contributed by atoms with Gasteiger partial charge >= 0.3 is 5.97 Å². The number of anilines is 1. The van der Waals surface area contributed by atoms with E-state index in [-0.39, 0.29) is 4.90 Å². The number of hydrogen-bond acceptors (Lipinski definition) is 5. The number of carbonyl (C=O) groups is 1. The minimum absolute atomic E-state index is 0.149. The third-order valence-corrected chi connectivity index (χ3v) is 6.22. The first-order chi connectivity index (χ1) is 13.8. The summed E-state index contributed by atoms with van der Waals surface area (Å²) in [5.41, 5.74) is 1.93. The molecule has 0 bridgehead atoms. The number of ether oxygens (including phenoxy) is 2. The smallest absolute Gasteiger partial charge is 0.343 e. The van der Waals surface area contributed by atoms with Crippen molar-refractivity contribution >= 4 is 21.7 Å². The third-order valence-electron chi connectivity index (χ3n) is 4.42. The van der Waals surface area contributed by atoms with Crippen LogP contribution < -0.4 is 13.8 Å². The van der Waals surface area contributed by atoms with E-state index >= 15 is 0 Å². The van der Waals surface area contributed by atoms with E-state index in [4.69, 9.17) is 9.47 Å². The average Bonchev–Trinajstić information content (AvgIpc) is 2.74. The van der Waals surface area contributed by atoms with Crippen LogP contribution in [0.3, 0.4) is 0 Å². The van der Waals surface area contributed by atoms with Gasteiger partial charge in [0.1, 0.15) is 11.5 Å². The quantitative estimate of drug-likeness (QED) is 0.452. The maximum Gasteiger partial charge on any atom is 0.343 e. The van der Waals surface area contributed by atoms with E-state index in [1.807, 2.05) is 19.1 Å². The molecule has 150 valence electrons. The summed E-state index contributed by atoms with van der Waals surface area (Å²) in [7, 11) is -0.748. The predicted molar refractivity (Wildman–Crippen MR) is 111 cm³/mol. The van der Waals surface area contributed by atoms with Crippen LogP contribution >= 0.6 is 0 Å². The van der Waals surface area contributed by atoms with Crippen molar-refractivity contribution < 1.29 is 22.7 Å². The molecular weight excluding hydrogens is 390 g/mol. The topological polar surface area (TPSA) is 72.9 Å². The van der Waals surface area contributed by atoms with Gasteiger partial charge in [0.2, 0.25) is 0 Å². The molecule has 3 aromatic rings. The first-order valence-corrected chi connectivity index (χ1v) is 10.3. The Morgan fingerprint density at radius 2 is 1.38 bits per heavy atom. The highest BCUT2D eigenvalue weighted by Crippen LogP contribution is 2.25. The number of methoxy groups -OCH3 is 1. The summed E-state index contributed by atoms with van der Waals surface area (Å²) >= 11 is 0. The van der Waals surface area contributed by atoms with Crippen LogP contribution in [0.4, 0.5) is 5.69 Å². The van der Waals surface area contributed by atoms with Crippen LogP contribution in [0.1, 0.15) is 15.9 Å². The summed E-state index contributed by atoms with van der Waals surface area (Å²) in [5.74, 6) is 0.429. The Kier molecular flexibility index (Phi) is 5.89. The van der Waals surface area contributed by atoms with Gasteiger partial charge in [-0.3, -0.25) is 4.31 Å². The molecule has 0 radical (unpaired) electrons.